The number of methoxy groups -OCH3 is 1. The minimum absolute atomic E-state index is 0.148. The van der Waals surface area contributed by atoms with Gasteiger partial charge in [0, 0.05) is 7.11 Å². The third kappa shape index (κ3) is 11.8. The van der Waals surface area contributed by atoms with E-state index < -0.39 is 27.9 Å². The highest BCUT2D eigenvalue weighted by Gasteiger charge is 2.27. The van der Waals surface area contributed by atoms with Crippen LogP contribution in [0.4, 0.5) is 4.79 Å². The van der Waals surface area contributed by atoms with Crippen LogP contribution < -0.4 is 5.32 Å². The van der Waals surface area contributed by atoms with E-state index >= 15 is 0 Å². The molecule has 0 bridgehead atoms. The summed E-state index contributed by atoms with van der Waals surface area (Å²) in [6.07, 6.45) is 0.843. The highest BCUT2D eigenvalue weighted by Crippen LogP contribution is 2.23. The molecule has 1 N–H and O–H groups in total. The number of carbonyl (C=O) groups excluding carboxylic acids is 1. The molecular weight excluding hydrogens is 310 g/mol. The molecule has 7 nitrogen and oxygen atoms in total. The molecule has 0 aromatic carbocycles. The molecule has 0 aliphatic rings. The molecule has 0 radical (unpaired) electrons. The van der Waals surface area contributed by atoms with E-state index in [0.717, 1.165) is 6.26 Å². The second kappa shape index (κ2) is 8.12. The Bertz CT molecular complexity index is 452. The summed E-state index contributed by atoms with van der Waals surface area (Å²) >= 11 is 0. The van der Waals surface area contributed by atoms with E-state index in [1.54, 1.807) is 27.9 Å². The average Bonchev–Trinajstić information content (AvgIpc) is 2.21. The van der Waals surface area contributed by atoms with Crippen molar-refractivity contribution in [1.29, 1.82) is 0 Å². The summed E-state index contributed by atoms with van der Waals surface area (Å²) < 4.78 is 37.4. The number of ether oxygens (including phenoxy) is 2. The van der Waals surface area contributed by atoms with Crippen LogP contribution in [0.1, 0.15) is 41.0 Å². The molecule has 0 spiro atoms. The van der Waals surface area contributed by atoms with Crippen LogP contribution in [-0.4, -0.2) is 52.7 Å². The Morgan fingerprint density at radius 1 is 1.18 bits per heavy atom. The van der Waals surface area contributed by atoms with Gasteiger partial charge in [-0.15, -0.1) is 0 Å². The van der Waals surface area contributed by atoms with Gasteiger partial charge in [-0.1, -0.05) is 13.8 Å². The Balaban J connectivity index is 4.82. The summed E-state index contributed by atoms with van der Waals surface area (Å²) in [5, 5.41) is 2.65. The van der Waals surface area contributed by atoms with E-state index in [-0.39, 0.29) is 12.0 Å². The topological polar surface area (TPSA) is 90.9 Å². The number of alkyl carbamates (subject to hydrolysis) is 1. The van der Waals surface area contributed by atoms with E-state index in [0.29, 0.717) is 13.0 Å². The van der Waals surface area contributed by atoms with Gasteiger partial charge in [0.1, 0.15) is 5.60 Å². The second-order valence-electron chi connectivity index (χ2n) is 7.13. The normalized spacial score (nSPS) is 14.5. The number of nitrogens with one attached hydrogen (secondary N) is 1. The molecule has 0 rings (SSSR count). The lowest BCUT2D eigenvalue weighted by molar-refractivity contribution is 0.0431. The molecule has 8 heteroatoms. The largest absolute Gasteiger partial charge is 0.444 e. The molecule has 0 aliphatic heterocycles. The van der Waals surface area contributed by atoms with Gasteiger partial charge in [0.25, 0.3) is 10.1 Å². The zero-order valence-corrected chi connectivity index (χ0v) is 15.4. The number of hydrogen-bond donors (Lipinski definition) is 1. The lowest BCUT2D eigenvalue weighted by atomic mass is 9.87. The summed E-state index contributed by atoms with van der Waals surface area (Å²) in [6, 6.07) is -0.505. The van der Waals surface area contributed by atoms with Gasteiger partial charge < -0.3 is 14.8 Å². The molecule has 0 heterocycles. The summed E-state index contributed by atoms with van der Waals surface area (Å²) in [5.41, 5.74) is -0.885. The lowest BCUT2D eigenvalue weighted by Crippen LogP contribution is -2.44. The highest BCUT2D eigenvalue weighted by atomic mass is 32.2. The van der Waals surface area contributed by atoms with Crippen LogP contribution in [0.3, 0.4) is 0 Å². The lowest BCUT2D eigenvalue weighted by Gasteiger charge is -2.30. The van der Waals surface area contributed by atoms with Crippen molar-refractivity contribution in [2.75, 3.05) is 26.6 Å². The van der Waals surface area contributed by atoms with Crippen molar-refractivity contribution in [3.8, 4) is 0 Å². The highest BCUT2D eigenvalue weighted by molar-refractivity contribution is 7.85. The maximum absolute atomic E-state index is 11.9. The van der Waals surface area contributed by atoms with E-state index in [4.69, 9.17) is 13.7 Å². The Labute approximate surface area is 133 Å². The quantitative estimate of drug-likeness (QED) is 0.679. The average molecular weight is 339 g/mol. The molecule has 132 valence electrons. The van der Waals surface area contributed by atoms with Gasteiger partial charge >= 0.3 is 6.09 Å². The van der Waals surface area contributed by atoms with Crippen molar-refractivity contribution in [2.45, 2.75) is 52.7 Å². The summed E-state index contributed by atoms with van der Waals surface area (Å²) in [6.45, 7) is 9.50. The number of amides is 1. The van der Waals surface area contributed by atoms with Gasteiger partial charge in [-0.25, -0.2) is 4.79 Å². The molecule has 0 saturated carbocycles. The fraction of sp³-hybridized carbons (Fsp3) is 0.929. The van der Waals surface area contributed by atoms with Crippen LogP contribution in [0.15, 0.2) is 0 Å². The first-order valence-corrected chi connectivity index (χ1v) is 8.88. The Morgan fingerprint density at radius 3 is 2.14 bits per heavy atom. The molecule has 1 amide bonds. The van der Waals surface area contributed by atoms with Gasteiger partial charge in [-0.3, -0.25) is 4.18 Å². The van der Waals surface area contributed by atoms with Crippen LogP contribution >= 0.6 is 0 Å². The molecule has 0 aromatic heterocycles. The molecule has 0 fully saturated rings. The second-order valence-corrected chi connectivity index (χ2v) is 8.78. The first kappa shape index (κ1) is 21.1. The zero-order chi connectivity index (χ0) is 17.6. The Kier molecular flexibility index (Phi) is 7.80. The SMILES string of the molecule is COCC(C)(C)C[C@H](COS(C)(=O)=O)NC(=O)OC(C)(C)C. The minimum atomic E-state index is -3.58. The zero-order valence-electron chi connectivity index (χ0n) is 14.6. The van der Waals surface area contributed by atoms with Crippen LogP contribution in [0.25, 0.3) is 0 Å². The molecule has 0 aliphatic carbocycles. The smallest absolute Gasteiger partial charge is 0.407 e. The van der Waals surface area contributed by atoms with Gasteiger partial charge in [-0.2, -0.15) is 8.42 Å². The molecule has 22 heavy (non-hydrogen) atoms. The Hall–Kier alpha value is -0.860. The van der Waals surface area contributed by atoms with Gasteiger partial charge in [0.2, 0.25) is 0 Å². The van der Waals surface area contributed by atoms with Gasteiger partial charge in [0.15, 0.2) is 0 Å². The van der Waals surface area contributed by atoms with Crippen molar-refractivity contribution in [2.24, 2.45) is 5.41 Å². The first-order valence-electron chi connectivity index (χ1n) is 7.07. The van der Waals surface area contributed by atoms with Crippen LogP contribution in [0, 0.1) is 5.41 Å². The van der Waals surface area contributed by atoms with Crippen molar-refractivity contribution in [1.82, 2.24) is 5.32 Å². The van der Waals surface area contributed by atoms with Gasteiger partial charge in [-0.05, 0) is 32.6 Å². The van der Waals surface area contributed by atoms with Crippen molar-refractivity contribution >= 4 is 16.2 Å². The molecule has 0 aromatic rings. The number of rotatable bonds is 8. The summed E-state index contributed by atoms with van der Waals surface area (Å²) in [5.74, 6) is 0. The minimum Gasteiger partial charge on any atom is -0.444 e. The van der Waals surface area contributed by atoms with E-state index in [1.807, 2.05) is 13.8 Å². The summed E-state index contributed by atoms with van der Waals surface area (Å²) in [4.78, 5) is 11.9. The van der Waals surface area contributed by atoms with Crippen molar-refractivity contribution < 1.29 is 26.9 Å². The van der Waals surface area contributed by atoms with Crippen LogP contribution in [0.2, 0.25) is 0 Å². The molecular formula is C14H29NO6S. The van der Waals surface area contributed by atoms with Gasteiger partial charge in [0.05, 0.1) is 25.5 Å². The maximum atomic E-state index is 11.9. The van der Waals surface area contributed by atoms with Crippen molar-refractivity contribution in [3.05, 3.63) is 0 Å². The van der Waals surface area contributed by atoms with Crippen LogP contribution in [-0.2, 0) is 23.8 Å². The number of carbonyl (C=O) groups is 1. The predicted molar refractivity (Wildman–Crippen MR) is 84.2 cm³/mol. The standard InChI is InChI=1S/C14H29NO6S/c1-13(2,3)21-12(16)15-11(9-20-22(7,17)18)8-14(4,5)10-19-6/h11H,8-10H2,1-7H3,(H,15,16)/t11-/m1/s1. The monoisotopic (exact) mass is 339 g/mol. The molecule has 0 saturated heterocycles. The first-order chi connectivity index (χ1) is 9.74. The fourth-order valence-electron chi connectivity index (χ4n) is 1.95. The van der Waals surface area contributed by atoms with Crippen LogP contribution in [0.5, 0.6) is 0 Å². The third-order valence-electron chi connectivity index (χ3n) is 2.54. The van der Waals surface area contributed by atoms with E-state index in [2.05, 4.69) is 5.32 Å². The molecule has 0 unspecified atom stereocenters. The van der Waals surface area contributed by atoms with Crippen molar-refractivity contribution in [3.63, 3.8) is 0 Å². The fourth-order valence-corrected chi connectivity index (χ4v) is 2.36. The maximum Gasteiger partial charge on any atom is 0.407 e. The van der Waals surface area contributed by atoms with E-state index in [9.17, 15) is 13.2 Å². The Morgan fingerprint density at radius 2 is 1.73 bits per heavy atom. The summed E-state index contributed by atoms with van der Waals surface area (Å²) in [7, 11) is -1.99. The predicted octanol–water partition coefficient (Wildman–Crippen LogP) is 1.92. The number of hydrogen-bond acceptors (Lipinski definition) is 6. The van der Waals surface area contributed by atoms with E-state index in [1.165, 1.54) is 0 Å². The molecule has 1 atom stereocenters. The third-order valence-corrected chi connectivity index (χ3v) is 3.10.